The maximum Gasteiger partial charge on any atom is 0.243 e. The molecule has 0 aliphatic rings. The molecular formula is C8H15N5O. The van der Waals surface area contributed by atoms with Crippen LogP contribution in [0.2, 0.25) is 0 Å². The van der Waals surface area contributed by atoms with Crippen molar-refractivity contribution in [1.29, 1.82) is 0 Å². The molecule has 0 fully saturated rings. The molecule has 0 radical (unpaired) electrons. The van der Waals surface area contributed by atoms with Crippen LogP contribution < -0.4 is 11.1 Å². The second kappa shape index (κ2) is 4.71. The van der Waals surface area contributed by atoms with Crippen LogP contribution >= 0.6 is 0 Å². The van der Waals surface area contributed by atoms with Gasteiger partial charge >= 0.3 is 0 Å². The first-order valence-corrected chi connectivity index (χ1v) is 4.55. The summed E-state index contributed by atoms with van der Waals surface area (Å²) in [5.41, 5.74) is 5.62. The van der Waals surface area contributed by atoms with Crippen molar-refractivity contribution in [1.82, 2.24) is 14.8 Å². The third-order valence-corrected chi connectivity index (χ3v) is 1.88. The second-order valence-electron chi connectivity index (χ2n) is 3.09. The highest BCUT2D eigenvalue weighted by Gasteiger charge is 2.14. The van der Waals surface area contributed by atoms with Gasteiger partial charge in [-0.1, -0.05) is 13.3 Å². The zero-order valence-corrected chi connectivity index (χ0v) is 8.40. The van der Waals surface area contributed by atoms with Gasteiger partial charge in [-0.25, -0.2) is 4.68 Å². The van der Waals surface area contributed by atoms with Gasteiger partial charge in [0.15, 0.2) is 0 Å². The maximum atomic E-state index is 11.4. The van der Waals surface area contributed by atoms with Crippen LogP contribution in [-0.2, 0) is 11.8 Å². The average molecular weight is 197 g/mol. The third kappa shape index (κ3) is 2.53. The molecule has 1 aromatic rings. The summed E-state index contributed by atoms with van der Waals surface area (Å²) in [6.07, 6.45) is 2.93. The second-order valence-corrected chi connectivity index (χ2v) is 3.09. The molecule has 0 bridgehead atoms. The quantitative estimate of drug-likeness (QED) is 0.704. The number of aromatic nitrogens is 3. The minimum atomic E-state index is -0.475. The lowest BCUT2D eigenvalue weighted by molar-refractivity contribution is -0.117. The highest BCUT2D eigenvalue weighted by atomic mass is 16.2. The smallest absolute Gasteiger partial charge is 0.243 e. The molecule has 14 heavy (non-hydrogen) atoms. The van der Waals surface area contributed by atoms with Gasteiger partial charge in [0.25, 0.3) is 0 Å². The molecule has 1 atom stereocenters. The number of aryl methyl sites for hydroxylation is 1. The Hall–Kier alpha value is -1.43. The molecule has 6 heteroatoms. The van der Waals surface area contributed by atoms with E-state index in [2.05, 4.69) is 15.4 Å². The number of nitrogens with one attached hydrogen (secondary N) is 1. The largest absolute Gasteiger partial charge is 0.320 e. The molecule has 78 valence electrons. The van der Waals surface area contributed by atoms with E-state index in [0.29, 0.717) is 12.4 Å². The van der Waals surface area contributed by atoms with Crippen molar-refractivity contribution < 1.29 is 4.79 Å². The van der Waals surface area contributed by atoms with E-state index in [1.54, 1.807) is 7.05 Å². The Kier molecular flexibility index (Phi) is 3.58. The molecule has 3 N–H and O–H groups in total. The first-order valence-electron chi connectivity index (χ1n) is 4.55. The van der Waals surface area contributed by atoms with Crippen LogP contribution in [0.25, 0.3) is 0 Å². The van der Waals surface area contributed by atoms with Crippen molar-refractivity contribution >= 4 is 11.9 Å². The SMILES string of the molecule is CCCC(N)C(=O)Nc1ncnn1C. The van der Waals surface area contributed by atoms with Crippen molar-refractivity contribution in [3.63, 3.8) is 0 Å². The van der Waals surface area contributed by atoms with Crippen LogP contribution in [0.4, 0.5) is 5.95 Å². The third-order valence-electron chi connectivity index (χ3n) is 1.88. The Labute approximate surface area is 82.5 Å². The van der Waals surface area contributed by atoms with E-state index in [4.69, 9.17) is 5.73 Å². The number of nitrogens with zero attached hydrogens (tertiary/aromatic N) is 3. The Morgan fingerprint density at radius 2 is 2.50 bits per heavy atom. The zero-order chi connectivity index (χ0) is 10.6. The highest BCUT2D eigenvalue weighted by molar-refractivity contribution is 5.93. The number of carbonyl (C=O) groups is 1. The van der Waals surface area contributed by atoms with Crippen LogP contribution in [0.15, 0.2) is 6.33 Å². The highest BCUT2D eigenvalue weighted by Crippen LogP contribution is 2.00. The van der Waals surface area contributed by atoms with E-state index in [1.807, 2.05) is 6.92 Å². The molecule has 1 amide bonds. The summed E-state index contributed by atoms with van der Waals surface area (Å²) in [6.45, 7) is 1.98. The van der Waals surface area contributed by atoms with E-state index in [9.17, 15) is 4.79 Å². The van der Waals surface area contributed by atoms with Crippen molar-refractivity contribution in [3.05, 3.63) is 6.33 Å². The van der Waals surface area contributed by atoms with Gasteiger partial charge < -0.3 is 5.73 Å². The number of nitrogens with two attached hydrogens (primary N) is 1. The van der Waals surface area contributed by atoms with Gasteiger partial charge in [-0.2, -0.15) is 10.1 Å². The van der Waals surface area contributed by atoms with Crippen molar-refractivity contribution in [2.24, 2.45) is 12.8 Å². The maximum absolute atomic E-state index is 11.4. The summed E-state index contributed by atoms with van der Waals surface area (Å²) in [5.74, 6) is 0.199. The molecule has 6 nitrogen and oxygen atoms in total. The van der Waals surface area contributed by atoms with E-state index in [1.165, 1.54) is 11.0 Å². The fourth-order valence-electron chi connectivity index (χ4n) is 1.05. The first kappa shape index (κ1) is 10.6. The van der Waals surface area contributed by atoms with Gasteiger partial charge in [0.1, 0.15) is 6.33 Å². The normalized spacial score (nSPS) is 12.5. The minimum absolute atomic E-state index is 0.219. The first-order chi connectivity index (χ1) is 6.65. The lowest BCUT2D eigenvalue weighted by Gasteiger charge is -2.09. The van der Waals surface area contributed by atoms with Crippen LogP contribution in [0.1, 0.15) is 19.8 Å². The molecule has 1 rings (SSSR count). The van der Waals surface area contributed by atoms with Crippen LogP contribution in [0.3, 0.4) is 0 Å². The summed E-state index contributed by atoms with van der Waals surface area (Å²) in [4.78, 5) is 15.3. The zero-order valence-electron chi connectivity index (χ0n) is 8.40. The van der Waals surface area contributed by atoms with Gasteiger partial charge in [-0.15, -0.1) is 0 Å². The summed E-state index contributed by atoms with van der Waals surface area (Å²) in [5, 5.41) is 6.43. The summed E-state index contributed by atoms with van der Waals surface area (Å²) < 4.78 is 1.48. The Morgan fingerprint density at radius 1 is 1.79 bits per heavy atom. The van der Waals surface area contributed by atoms with Crippen LogP contribution in [0, 0.1) is 0 Å². The standard InChI is InChI=1S/C8H15N5O/c1-3-4-6(9)7(14)12-8-10-5-11-13(8)2/h5-6H,3-4,9H2,1-2H3,(H,10,11,12,14). The van der Waals surface area contributed by atoms with E-state index >= 15 is 0 Å². The number of rotatable bonds is 4. The molecule has 0 spiro atoms. The van der Waals surface area contributed by atoms with Crippen molar-refractivity contribution in [2.75, 3.05) is 5.32 Å². The minimum Gasteiger partial charge on any atom is -0.320 e. The predicted octanol–water partition coefficient (Wildman–Crippen LogP) is -0.119. The van der Waals surface area contributed by atoms with Gasteiger partial charge in [-0.05, 0) is 6.42 Å². The van der Waals surface area contributed by atoms with Crippen LogP contribution in [0.5, 0.6) is 0 Å². The van der Waals surface area contributed by atoms with Crippen molar-refractivity contribution in [2.45, 2.75) is 25.8 Å². The summed E-state index contributed by atoms with van der Waals surface area (Å²) in [6, 6.07) is -0.475. The number of hydrogen-bond acceptors (Lipinski definition) is 4. The number of hydrogen-bond donors (Lipinski definition) is 2. The van der Waals surface area contributed by atoms with E-state index < -0.39 is 6.04 Å². The molecule has 1 heterocycles. The van der Waals surface area contributed by atoms with Gasteiger partial charge in [0, 0.05) is 7.05 Å². The lowest BCUT2D eigenvalue weighted by Crippen LogP contribution is -2.36. The Balaban J connectivity index is 2.53. The molecule has 0 aromatic carbocycles. The topological polar surface area (TPSA) is 85.8 Å². The molecule has 0 aliphatic carbocycles. The number of carbonyl (C=O) groups excluding carboxylic acids is 1. The average Bonchev–Trinajstić information content (AvgIpc) is 2.52. The van der Waals surface area contributed by atoms with Gasteiger partial charge in [-0.3, -0.25) is 10.1 Å². The fourth-order valence-corrected chi connectivity index (χ4v) is 1.05. The molecule has 1 aromatic heterocycles. The summed E-state index contributed by atoms with van der Waals surface area (Å²) >= 11 is 0. The fraction of sp³-hybridized carbons (Fsp3) is 0.625. The molecule has 1 unspecified atom stereocenters. The molecule has 0 saturated carbocycles. The van der Waals surface area contributed by atoms with Crippen molar-refractivity contribution in [3.8, 4) is 0 Å². The van der Waals surface area contributed by atoms with E-state index in [0.717, 1.165) is 6.42 Å². The Morgan fingerprint density at radius 3 is 3.00 bits per heavy atom. The number of anilines is 1. The van der Waals surface area contributed by atoms with Gasteiger partial charge in [0.05, 0.1) is 6.04 Å². The number of amides is 1. The lowest BCUT2D eigenvalue weighted by atomic mass is 10.2. The molecule has 0 saturated heterocycles. The Bertz CT molecular complexity index is 308. The molecule has 0 aliphatic heterocycles. The van der Waals surface area contributed by atoms with Crippen LogP contribution in [-0.4, -0.2) is 26.7 Å². The predicted molar refractivity (Wildman–Crippen MR) is 52.5 cm³/mol. The van der Waals surface area contributed by atoms with Gasteiger partial charge in [0.2, 0.25) is 11.9 Å². The monoisotopic (exact) mass is 197 g/mol. The van der Waals surface area contributed by atoms with E-state index in [-0.39, 0.29) is 5.91 Å². The summed E-state index contributed by atoms with van der Waals surface area (Å²) in [7, 11) is 1.70. The molecular weight excluding hydrogens is 182 g/mol.